The summed E-state index contributed by atoms with van der Waals surface area (Å²) in [7, 11) is 0. The molecule has 1 amide bonds. The monoisotopic (exact) mass is 306 g/mol. The van der Waals surface area contributed by atoms with Crippen LogP contribution in [0.1, 0.15) is 12.0 Å². The van der Waals surface area contributed by atoms with Gasteiger partial charge in [-0.15, -0.1) is 0 Å². The number of nitrogens with zero attached hydrogens (tertiary/aromatic N) is 1. The van der Waals surface area contributed by atoms with Crippen LogP contribution in [0.15, 0.2) is 30.5 Å². The predicted octanol–water partition coefficient (Wildman–Crippen LogP) is 2.91. The van der Waals surface area contributed by atoms with Crippen molar-refractivity contribution < 1.29 is 4.79 Å². The zero-order chi connectivity index (χ0) is 12.5. The first kappa shape index (κ1) is 11.8. The van der Waals surface area contributed by atoms with Gasteiger partial charge in [0.15, 0.2) is 0 Å². The molecule has 94 valence electrons. The van der Waals surface area contributed by atoms with Gasteiger partial charge in [-0.2, -0.15) is 0 Å². The van der Waals surface area contributed by atoms with Crippen LogP contribution in [0.2, 0.25) is 0 Å². The molecule has 1 aliphatic rings. The number of alkyl halides is 1. The lowest BCUT2D eigenvalue weighted by atomic mass is 10.1. The van der Waals surface area contributed by atoms with E-state index in [2.05, 4.69) is 39.1 Å². The molecule has 1 atom stereocenters. The van der Waals surface area contributed by atoms with E-state index in [1.165, 1.54) is 10.9 Å². The van der Waals surface area contributed by atoms with E-state index in [0.717, 1.165) is 23.9 Å². The number of likely N-dealkylation sites (tertiary alicyclic amines) is 1. The Labute approximate surface area is 114 Å². The van der Waals surface area contributed by atoms with E-state index in [-0.39, 0.29) is 5.91 Å². The van der Waals surface area contributed by atoms with Gasteiger partial charge in [0.2, 0.25) is 5.91 Å². The summed E-state index contributed by atoms with van der Waals surface area (Å²) in [5.74, 6) is 0.731. The second kappa shape index (κ2) is 4.76. The lowest BCUT2D eigenvalue weighted by Gasteiger charge is -2.17. The molecule has 2 aromatic rings. The third-order valence-corrected chi connectivity index (χ3v) is 4.47. The first-order valence-electron chi connectivity index (χ1n) is 6.16. The highest BCUT2D eigenvalue weighted by molar-refractivity contribution is 9.09. The maximum atomic E-state index is 11.9. The molecule has 3 nitrogen and oxygen atoms in total. The summed E-state index contributed by atoms with van der Waals surface area (Å²) < 4.78 is 0. The van der Waals surface area contributed by atoms with Crippen LogP contribution in [0.3, 0.4) is 0 Å². The number of H-pyrrole nitrogens is 1. The van der Waals surface area contributed by atoms with Crippen molar-refractivity contribution in [2.24, 2.45) is 5.92 Å². The largest absolute Gasteiger partial charge is 0.361 e. The lowest BCUT2D eigenvalue weighted by molar-refractivity contribution is -0.128. The fourth-order valence-electron chi connectivity index (χ4n) is 2.60. The highest BCUT2D eigenvalue weighted by atomic mass is 79.9. The molecule has 0 radical (unpaired) electrons. The number of fused-ring (bicyclic) bond motifs is 1. The molecule has 0 spiro atoms. The van der Waals surface area contributed by atoms with E-state index in [9.17, 15) is 4.79 Å². The molecule has 1 aliphatic heterocycles. The Balaban J connectivity index is 1.84. The van der Waals surface area contributed by atoms with Crippen molar-refractivity contribution in [1.29, 1.82) is 0 Å². The molecule has 0 saturated carbocycles. The minimum absolute atomic E-state index is 0.270. The molecule has 0 bridgehead atoms. The first-order valence-corrected chi connectivity index (χ1v) is 7.29. The van der Waals surface area contributed by atoms with E-state index in [0.29, 0.717) is 12.3 Å². The summed E-state index contributed by atoms with van der Waals surface area (Å²) in [5, 5.41) is 2.12. The average Bonchev–Trinajstić information content (AvgIpc) is 2.97. The fourth-order valence-corrected chi connectivity index (χ4v) is 3.04. The average molecular weight is 307 g/mol. The van der Waals surface area contributed by atoms with Crippen molar-refractivity contribution in [3.05, 3.63) is 36.0 Å². The number of hydrogen-bond donors (Lipinski definition) is 1. The Morgan fingerprint density at radius 2 is 2.28 bits per heavy atom. The van der Waals surface area contributed by atoms with Crippen LogP contribution >= 0.6 is 15.9 Å². The molecule has 1 N–H and O–H groups in total. The summed E-state index contributed by atoms with van der Waals surface area (Å²) in [6.07, 6.45) is 2.62. The van der Waals surface area contributed by atoms with Crippen LogP contribution in [0.25, 0.3) is 10.9 Å². The number of carbonyl (C=O) groups excluding carboxylic acids is 1. The minimum atomic E-state index is 0.270. The quantitative estimate of drug-likeness (QED) is 0.870. The summed E-state index contributed by atoms with van der Waals surface area (Å²) >= 11 is 3.47. The number of nitrogens with one attached hydrogen (secondary N) is 1. The van der Waals surface area contributed by atoms with Gasteiger partial charge >= 0.3 is 0 Å². The summed E-state index contributed by atoms with van der Waals surface area (Å²) in [6.45, 7) is 1.59. The van der Waals surface area contributed by atoms with Crippen LogP contribution in [0.4, 0.5) is 0 Å². The highest BCUT2D eigenvalue weighted by Crippen LogP contribution is 2.24. The number of halogens is 1. The highest BCUT2D eigenvalue weighted by Gasteiger charge is 2.28. The van der Waals surface area contributed by atoms with Crippen LogP contribution in [0.5, 0.6) is 0 Å². The molecular weight excluding hydrogens is 292 g/mol. The van der Waals surface area contributed by atoms with Crippen molar-refractivity contribution in [3.63, 3.8) is 0 Å². The number of aromatic nitrogens is 1. The molecule has 18 heavy (non-hydrogen) atoms. The van der Waals surface area contributed by atoms with Crippen molar-refractivity contribution in [2.45, 2.75) is 13.0 Å². The fraction of sp³-hybridized carbons (Fsp3) is 0.357. The molecule has 1 unspecified atom stereocenters. The molecule has 1 fully saturated rings. The van der Waals surface area contributed by atoms with Gasteiger partial charge in [0.05, 0.1) is 0 Å². The van der Waals surface area contributed by atoms with Crippen LogP contribution in [0, 0.1) is 5.92 Å². The maximum Gasteiger partial charge on any atom is 0.223 e. The number of aromatic amines is 1. The van der Waals surface area contributed by atoms with Crippen LogP contribution in [-0.4, -0.2) is 27.7 Å². The van der Waals surface area contributed by atoms with Crippen molar-refractivity contribution >= 4 is 32.7 Å². The smallest absolute Gasteiger partial charge is 0.223 e. The molecular formula is C14H15BrN2O. The number of carbonyl (C=O) groups is 1. The van der Waals surface area contributed by atoms with Gasteiger partial charge in [-0.25, -0.2) is 0 Å². The molecule has 0 aliphatic carbocycles. The summed E-state index contributed by atoms with van der Waals surface area (Å²) in [4.78, 5) is 17.1. The first-order chi connectivity index (χ1) is 8.78. The van der Waals surface area contributed by atoms with E-state index in [1.54, 1.807) is 0 Å². The van der Waals surface area contributed by atoms with Crippen molar-refractivity contribution in [2.75, 3.05) is 11.9 Å². The third-order valence-electron chi connectivity index (χ3n) is 3.56. The maximum absolute atomic E-state index is 11.9. The lowest BCUT2D eigenvalue weighted by Crippen LogP contribution is -2.24. The number of rotatable bonds is 3. The van der Waals surface area contributed by atoms with Crippen molar-refractivity contribution in [1.82, 2.24) is 9.88 Å². The Bertz CT molecular complexity index is 578. The van der Waals surface area contributed by atoms with Crippen molar-refractivity contribution in [3.8, 4) is 0 Å². The van der Waals surface area contributed by atoms with Gasteiger partial charge in [-0.3, -0.25) is 4.79 Å². The zero-order valence-corrected chi connectivity index (χ0v) is 11.6. The number of amides is 1. The SMILES string of the molecule is O=C1CC(CBr)CN1Cc1cccc2[nH]ccc12. The van der Waals surface area contributed by atoms with Gasteiger partial charge in [0.25, 0.3) is 0 Å². The number of benzene rings is 1. The van der Waals surface area contributed by atoms with Gasteiger partial charge in [-0.05, 0) is 23.6 Å². The second-order valence-corrected chi connectivity index (χ2v) is 5.50. The third kappa shape index (κ3) is 2.05. The number of hydrogen-bond acceptors (Lipinski definition) is 1. The second-order valence-electron chi connectivity index (χ2n) is 4.85. The molecule has 3 rings (SSSR count). The van der Waals surface area contributed by atoms with Gasteiger partial charge in [0.1, 0.15) is 0 Å². The van der Waals surface area contributed by atoms with Gasteiger partial charge in [-0.1, -0.05) is 28.1 Å². The van der Waals surface area contributed by atoms with Gasteiger partial charge in [0, 0.05) is 41.9 Å². The van der Waals surface area contributed by atoms with E-state index in [1.807, 2.05) is 17.2 Å². The normalized spacial score (nSPS) is 19.9. The van der Waals surface area contributed by atoms with E-state index >= 15 is 0 Å². The Kier molecular flexibility index (Phi) is 3.12. The Morgan fingerprint density at radius 3 is 3.06 bits per heavy atom. The topological polar surface area (TPSA) is 36.1 Å². The van der Waals surface area contributed by atoms with Crippen LogP contribution in [-0.2, 0) is 11.3 Å². The Morgan fingerprint density at radius 1 is 1.39 bits per heavy atom. The minimum Gasteiger partial charge on any atom is -0.361 e. The molecule has 4 heteroatoms. The summed E-state index contributed by atoms with van der Waals surface area (Å²) in [5.41, 5.74) is 2.36. The zero-order valence-electron chi connectivity index (χ0n) is 10.0. The molecule has 1 aromatic heterocycles. The molecule has 2 heterocycles. The van der Waals surface area contributed by atoms with E-state index in [4.69, 9.17) is 0 Å². The molecule has 1 aromatic carbocycles. The molecule has 1 saturated heterocycles. The van der Waals surface area contributed by atoms with E-state index < -0.39 is 0 Å². The Hall–Kier alpha value is -1.29. The van der Waals surface area contributed by atoms with Gasteiger partial charge < -0.3 is 9.88 Å². The van der Waals surface area contributed by atoms with Crippen LogP contribution < -0.4 is 0 Å². The summed E-state index contributed by atoms with van der Waals surface area (Å²) in [6, 6.07) is 8.28. The standard InChI is InChI=1S/C14H15BrN2O/c15-7-10-6-14(18)17(8-10)9-11-2-1-3-13-12(11)4-5-16-13/h1-5,10,16H,6-9H2. The predicted molar refractivity (Wildman–Crippen MR) is 75.6 cm³/mol.